The quantitative estimate of drug-likeness (QED) is 0.768. The second kappa shape index (κ2) is 6.04. The van der Waals surface area contributed by atoms with E-state index in [1.54, 1.807) is 20.8 Å². The largest absolute Gasteiger partial charge is 0.467 e. The summed E-state index contributed by atoms with van der Waals surface area (Å²) in [5.41, 5.74) is -0.600. The van der Waals surface area contributed by atoms with E-state index in [2.05, 4.69) is 5.32 Å². The molecule has 6 heteroatoms. The Bertz CT molecular complexity index is 304. The molecular weight excluding hydrogens is 238 g/mol. The number of hydrogen-bond donors (Lipinski definition) is 1. The van der Waals surface area contributed by atoms with Crippen molar-refractivity contribution in [3.8, 4) is 0 Å². The Morgan fingerprint density at radius 1 is 1.39 bits per heavy atom. The minimum atomic E-state index is -0.715. The first-order valence-corrected chi connectivity index (χ1v) is 5.98. The molecule has 1 amide bonds. The van der Waals surface area contributed by atoms with Crippen molar-refractivity contribution in [1.29, 1.82) is 0 Å². The van der Waals surface area contributed by atoms with Crippen molar-refractivity contribution in [2.45, 2.75) is 38.8 Å². The topological polar surface area (TPSA) is 73.9 Å². The molecule has 1 saturated heterocycles. The Labute approximate surface area is 107 Å². The van der Waals surface area contributed by atoms with Gasteiger partial charge in [-0.2, -0.15) is 0 Å². The zero-order valence-corrected chi connectivity index (χ0v) is 11.3. The number of hydrogen-bond acceptors (Lipinski definition) is 5. The van der Waals surface area contributed by atoms with Gasteiger partial charge in [-0.1, -0.05) is 0 Å². The molecule has 0 aromatic rings. The van der Waals surface area contributed by atoms with Crippen LogP contribution in [0.15, 0.2) is 0 Å². The van der Waals surface area contributed by atoms with Crippen LogP contribution in [-0.2, 0) is 19.0 Å². The van der Waals surface area contributed by atoms with Gasteiger partial charge in [-0.15, -0.1) is 0 Å². The van der Waals surface area contributed by atoms with Gasteiger partial charge in [0.05, 0.1) is 13.7 Å². The summed E-state index contributed by atoms with van der Waals surface area (Å²) >= 11 is 0. The van der Waals surface area contributed by atoms with Gasteiger partial charge in [0.2, 0.25) is 0 Å². The van der Waals surface area contributed by atoms with Gasteiger partial charge in [-0.05, 0) is 27.2 Å². The Morgan fingerprint density at radius 2 is 2.06 bits per heavy atom. The highest BCUT2D eigenvalue weighted by Crippen LogP contribution is 2.18. The van der Waals surface area contributed by atoms with Gasteiger partial charge in [-0.3, -0.25) is 0 Å². The number of alkyl carbamates (subject to hydrolysis) is 1. The molecule has 0 bridgehead atoms. The van der Waals surface area contributed by atoms with Gasteiger partial charge in [0.25, 0.3) is 0 Å². The molecule has 1 rings (SSSR count). The van der Waals surface area contributed by atoms with Crippen LogP contribution in [0.4, 0.5) is 4.79 Å². The summed E-state index contributed by atoms with van der Waals surface area (Å²) in [5, 5.41) is 2.55. The molecular formula is C12H21NO5. The van der Waals surface area contributed by atoms with E-state index in [9.17, 15) is 9.59 Å². The van der Waals surface area contributed by atoms with Crippen molar-refractivity contribution < 1.29 is 23.8 Å². The number of rotatable bonds is 3. The fraction of sp³-hybridized carbons (Fsp3) is 0.833. The van der Waals surface area contributed by atoms with E-state index < -0.39 is 23.7 Å². The van der Waals surface area contributed by atoms with Crippen LogP contribution in [0.1, 0.15) is 27.2 Å². The maximum atomic E-state index is 11.7. The summed E-state index contributed by atoms with van der Waals surface area (Å²) in [4.78, 5) is 23.3. The van der Waals surface area contributed by atoms with Crippen molar-refractivity contribution in [3.63, 3.8) is 0 Å². The summed E-state index contributed by atoms with van der Waals surface area (Å²) in [6.45, 7) is 6.32. The lowest BCUT2D eigenvalue weighted by atomic mass is 9.99. The molecule has 0 aliphatic carbocycles. The van der Waals surface area contributed by atoms with Crippen LogP contribution in [0.25, 0.3) is 0 Å². The van der Waals surface area contributed by atoms with Crippen LogP contribution in [-0.4, -0.2) is 44.0 Å². The third kappa shape index (κ3) is 4.52. The molecule has 1 N–H and O–H groups in total. The first kappa shape index (κ1) is 14.8. The van der Waals surface area contributed by atoms with Crippen molar-refractivity contribution in [2.75, 3.05) is 20.3 Å². The summed E-state index contributed by atoms with van der Waals surface area (Å²) < 4.78 is 15.0. The van der Waals surface area contributed by atoms with Crippen LogP contribution in [0.5, 0.6) is 0 Å². The fourth-order valence-corrected chi connectivity index (χ4v) is 1.75. The van der Waals surface area contributed by atoms with Crippen LogP contribution < -0.4 is 5.32 Å². The van der Waals surface area contributed by atoms with Crippen molar-refractivity contribution in [1.82, 2.24) is 5.32 Å². The lowest BCUT2D eigenvalue weighted by Crippen LogP contribution is -2.48. The first-order valence-electron chi connectivity index (χ1n) is 5.98. The fourth-order valence-electron chi connectivity index (χ4n) is 1.75. The number of carbonyl (C=O) groups excluding carboxylic acids is 2. The third-order valence-electron chi connectivity index (χ3n) is 2.56. The first-order chi connectivity index (χ1) is 8.33. The number of nitrogens with one attached hydrogen (secondary N) is 1. The zero-order chi connectivity index (χ0) is 13.8. The molecule has 104 valence electrons. The van der Waals surface area contributed by atoms with Gasteiger partial charge in [0, 0.05) is 12.5 Å². The standard InChI is InChI=1S/C12H21NO5/c1-12(2,3)18-11(15)13-9(10(14)16-4)8-5-6-17-7-8/h8-9H,5-7H2,1-4H3,(H,13,15). The maximum absolute atomic E-state index is 11.7. The molecule has 1 heterocycles. The number of ether oxygens (including phenoxy) is 3. The van der Waals surface area contributed by atoms with Crippen molar-refractivity contribution in [3.05, 3.63) is 0 Å². The van der Waals surface area contributed by atoms with E-state index in [0.717, 1.165) is 6.42 Å². The summed E-state index contributed by atoms with van der Waals surface area (Å²) in [5.74, 6) is -0.540. The van der Waals surface area contributed by atoms with Gasteiger partial charge in [0.1, 0.15) is 11.6 Å². The van der Waals surface area contributed by atoms with Gasteiger partial charge in [-0.25, -0.2) is 9.59 Å². The maximum Gasteiger partial charge on any atom is 0.408 e. The monoisotopic (exact) mass is 259 g/mol. The van der Waals surface area contributed by atoms with Crippen molar-refractivity contribution in [2.24, 2.45) is 5.92 Å². The predicted molar refractivity (Wildman–Crippen MR) is 64.1 cm³/mol. The lowest BCUT2D eigenvalue weighted by molar-refractivity contribution is -0.144. The molecule has 0 radical (unpaired) electrons. The Morgan fingerprint density at radius 3 is 2.50 bits per heavy atom. The van der Waals surface area contributed by atoms with Crippen LogP contribution in [0.2, 0.25) is 0 Å². The number of amides is 1. The highest BCUT2D eigenvalue weighted by atomic mass is 16.6. The summed E-state index contributed by atoms with van der Waals surface area (Å²) in [7, 11) is 1.29. The molecule has 2 atom stereocenters. The van der Waals surface area contributed by atoms with E-state index in [1.807, 2.05) is 0 Å². The van der Waals surface area contributed by atoms with Gasteiger partial charge < -0.3 is 19.5 Å². The molecule has 6 nitrogen and oxygen atoms in total. The Hall–Kier alpha value is -1.30. The third-order valence-corrected chi connectivity index (χ3v) is 2.56. The molecule has 1 fully saturated rings. The van der Waals surface area contributed by atoms with Crippen LogP contribution in [0, 0.1) is 5.92 Å². The van der Waals surface area contributed by atoms with E-state index in [-0.39, 0.29) is 5.92 Å². The average molecular weight is 259 g/mol. The van der Waals surface area contributed by atoms with Crippen LogP contribution >= 0.6 is 0 Å². The second-order valence-corrected chi connectivity index (χ2v) is 5.27. The average Bonchev–Trinajstić information content (AvgIpc) is 2.75. The number of carbonyl (C=O) groups is 2. The van der Waals surface area contributed by atoms with Gasteiger partial charge in [0.15, 0.2) is 0 Å². The summed E-state index contributed by atoms with van der Waals surface area (Å²) in [6, 6.07) is -0.715. The van der Waals surface area contributed by atoms with E-state index in [4.69, 9.17) is 14.2 Å². The number of methoxy groups -OCH3 is 1. The van der Waals surface area contributed by atoms with E-state index in [1.165, 1.54) is 7.11 Å². The van der Waals surface area contributed by atoms with Crippen molar-refractivity contribution >= 4 is 12.1 Å². The molecule has 0 aromatic carbocycles. The molecule has 1 aliphatic heterocycles. The summed E-state index contributed by atoms with van der Waals surface area (Å²) in [6.07, 6.45) is 0.0973. The smallest absolute Gasteiger partial charge is 0.408 e. The highest BCUT2D eigenvalue weighted by Gasteiger charge is 2.34. The minimum absolute atomic E-state index is 0.0648. The molecule has 0 aromatic heterocycles. The zero-order valence-electron chi connectivity index (χ0n) is 11.3. The molecule has 18 heavy (non-hydrogen) atoms. The molecule has 0 spiro atoms. The minimum Gasteiger partial charge on any atom is -0.467 e. The van der Waals surface area contributed by atoms with Crippen LogP contribution in [0.3, 0.4) is 0 Å². The second-order valence-electron chi connectivity index (χ2n) is 5.27. The SMILES string of the molecule is COC(=O)C(NC(=O)OC(C)(C)C)C1CCOC1. The number of esters is 1. The Kier molecular flexibility index (Phi) is 4.95. The van der Waals surface area contributed by atoms with E-state index in [0.29, 0.717) is 13.2 Å². The van der Waals surface area contributed by atoms with E-state index >= 15 is 0 Å². The highest BCUT2D eigenvalue weighted by molar-refractivity contribution is 5.81. The normalized spacial score (nSPS) is 21.2. The molecule has 0 saturated carbocycles. The molecule has 2 unspecified atom stereocenters. The Balaban J connectivity index is 2.61. The lowest BCUT2D eigenvalue weighted by Gasteiger charge is -2.24. The predicted octanol–water partition coefficient (Wildman–Crippen LogP) is 1.09. The molecule has 1 aliphatic rings. The van der Waals surface area contributed by atoms with Gasteiger partial charge >= 0.3 is 12.1 Å².